The third-order valence-electron chi connectivity index (χ3n) is 2.48. The van der Waals surface area contributed by atoms with E-state index in [4.69, 9.17) is 0 Å². The van der Waals surface area contributed by atoms with Crippen LogP contribution in [-0.2, 0) is 0 Å². The van der Waals surface area contributed by atoms with Gasteiger partial charge in [-0.05, 0) is 37.3 Å². The van der Waals surface area contributed by atoms with Crippen LogP contribution >= 0.6 is 15.9 Å². The summed E-state index contributed by atoms with van der Waals surface area (Å²) in [6.45, 7) is 8.37. The average molecular weight is 271 g/mol. The molecule has 0 fully saturated rings. The van der Waals surface area contributed by atoms with Crippen LogP contribution in [0.5, 0.6) is 0 Å². The summed E-state index contributed by atoms with van der Waals surface area (Å²) >= 11 is 3.54. The van der Waals surface area contributed by atoms with Gasteiger partial charge in [-0.25, -0.2) is 0 Å². The molecule has 15 heavy (non-hydrogen) atoms. The monoisotopic (exact) mass is 270 g/mol. The van der Waals surface area contributed by atoms with Gasteiger partial charge in [-0.1, -0.05) is 47.5 Å². The van der Waals surface area contributed by atoms with E-state index in [9.17, 15) is 5.11 Å². The van der Waals surface area contributed by atoms with Gasteiger partial charge < -0.3 is 5.11 Å². The van der Waals surface area contributed by atoms with E-state index in [2.05, 4.69) is 55.8 Å². The summed E-state index contributed by atoms with van der Waals surface area (Å²) < 4.78 is 1.04. The van der Waals surface area contributed by atoms with Crippen molar-refractivity contribution in [3.63, 3.8) is 0 Å². The molecule has 1 unspecified atom stereocenters. The highest BCUT2D eigenvalue weighted by atomic mass is 79.9. The van der Waals surface area contributed by atoms with Gasteiger partial charge >= 0.3 is 0 Å². The van der Waals surface area contributed by atoms with E-state index in [0.29, 0.717) is 5.92 Å². The fourth-order valence-corrected chi connectivity index (χ4v) is 2.29. The summed E-state index contributed by atoms with van der Waals surface area (Å²) in [5, 5.41) is 10.1. The highest BCUT2D eigenvalue weighted by Gasteiger charge is 2.14. The van der Waals surface area contributed by atoms with Crippen molar-refractivity contribution in [3.8, 4) is 0 Å². The third kappa shape index (κ3) is 3.32. The number of aliphatic hydroxyl groups is 1. The normalized spacial score (nSPS) is 13.3. The predicted octanol–water partition coefficient (Wildman–Crippen LogP) is 4.15. The molecule has 1 rings (SSSR count). The summed E-state index contributed by atoms with van der Waals surface area (Å²) in [4.78, 5) is 0. The topological polar surface area (TPSA) is 20.2 Å². The number of aliphatic hydroxyl groups excluding tert-OH is 1. The van der Waals surface area contributed by atoms with Crippen molar-refractivity contribution in [3.05, 3.63) is 33.3 Å². The Morgan fingerprint density at radius 3 is 2.40 bits per heavy atom. The number of hydrogen-bond acceptors (Lipinski definition) is 1. The smallest absolute Gasteiger partial charge is 0.0803 e. The number of aryl methyl sites for hydroxylation is 2. The van der Waals surface area contributed by atoms with E-state index < -0.39 is 0 Å². The zero-order valence-corrected chi connectivity index (χ0v) is 11.4. The number of hydrogen-bond donors (Lipinski definition) is 1. The molecule has 1 nitrogen and oxygen atoms in total. The number of halogens is 1. The summed E-state index contributed by atoms with van der Waals surface area (Å²) in [5.74, 6) is 0.507. The van der Waals surface area contributed by atoms with Crippen molar-refractivity contribution in [2.45, 2.75) is 40.2 Å². The summed E-state index contributed by atoms with van der Waals surface area (Å²) in [6.07, 6.45) is 0.444. The molecular weight excluding hydrogens is 252 g/mol. The molecule has 0 aliphatic rings. The first-order valence-corrected chi connectivity index (χ1v) is 6.15. The van der Waals surface area contributed by atoms with E-state index in [1.165, 1.54) is 11.1 Å². The van der Waals surface area contributed by atoms with Crippen molar-refractivity contribution in [1.29, 1.82) is 0 Å². The molecule has 1 N–H and O–H groups in total. The molecule has 0 saturated carbocycles. The van der Waals surface area contributed by atoms with Crippen LogP contribution in [0.1, 0.15) is 43.1 Å². The van der Waals surface area contributed by atoms with Crippen LogP contribution in [0.25, 0.3) is 0 Å². The molecule has 0 spiro atoms. The molecule has 1 atom stereocenters. The fourth-order valence-electron chi connectivity index (χ4n) is 1.80. The van der Waals surface area contributed by atoms with Crippen LogP contribution in [0.3, 0.4) is 0 Å². The van der Waals surface area contributed by atoms with Gasteiger partial charge in [-0.3, -0.25) is 0 Å². The minimum Gasteiger partial charge on any atom is -0.388 e. The molecule has 0 aliphatic heterocycles. The second-order valence-corrected chi connectivity index (χ2v) is 5.42. The van der Waals surface area contributed by atoms with Crippen LogP contribution in [0.2, 0.25) is 0 Å². The molecule has 1 aromatic rings. The maximum atomic E-state index is 10.1. The number of benzene rings is 1. The van der Waals surface area contributed by atoms with E-state index in [1.807, 2.05) is 0 Å². The highest BCUT2D eigenvalue weighted by molar-refractivity contribution is 9.10. The van der Waals surface area contributed by atoms with E-state index in [0.717, 1.165) is 16.5 Å². The molecule has 1 aromatic carbocycles. The summed E-state index contributed by atoms with van der Waals surface area (Å²) in [7, 11) is 0. The van der Waals surface area contributed by atoms with Gasteiger partial charge in [0.2, 0.25) is 0 Å². The molecule has 0 amide bonds. The lowest BCUT2D eigenvalue weighted by atomic mass is 9.97. The van der Waals surface area contributed by atoms with Gasteiger partial charge in [0.25, 0.3) is 0 Å². The van der Waals surface area contributed by atoms with E-state index in [1.54, 1.807) is 0 Å². The van der Waals surface area contributed by atoms with Crippen LogP contribution in [0.4, 0.5) is 0 Å². The van der Waals surface area contributed by atoms with Crippen molar-refractivity contribution in [2.24, 2.45) is 5.92 Å². The SMILES string of the molecule is Cc1cc(C)c(Br)c(C(O)CC(C)C)c1. The Morgan fingerprint density at radius 2 is 1.87 bits per heavy atom. The minimum atomic E-state index is -0.363. The molecule has 0 radical (unpaired) electrons. The molecule has 84 valence electrons. The van der Waals surface area contributed by atoms with Crippen molar-refractivity contribution in [2.75, 3.05) is 0 Å². The van der Waals surface area contributed by atoms with Crippen molar-refractivity contribution >= 4 is 15.9 Å². The zero-order chi connectivity index (χ0) is 11.6. The number of rotatable bonds is 3. The summed E-state index contributed by atoms with van der Waals surface area (Å²) in [5.41, 5.74) is 3.41. The third-order valence-corrected chi connectivity index (χ3v) is 3.56. The van der Waals surface area contributed by atoms with Gasteiger partial charge in [0, 0.05) is 4.47 Å². The van der Waals surface area contributed by atoms with Gasteiger partial charge in [-0.15, -0.1) is 0 Å². The zero-order valence-electron chi connectivity index (χ0n) is 9.84. The molecule has 0 aliphatic carbocycles. The average Bonchev–Trinajstić information content (AvgIpc) is 2.09. The quantitative estimate of drug-likeness (QED) is 0.875. The molecule has 0 saturated heterocycles. The Labute approximate surface area is 101 Å². The van der Waals surface area contributed by atoms with Crippen LogP contribution in [-0.4, -0.2) is 5.11 Å². The first-order valence-electron chi connectivity index (χ1n) is 5.36. The molecule has 0 bridgehead atoms. The van der Waals surface area contributed by atoms with Crippen LogP contribution in [0.15, 0.2) is 16.6 Å². The Hall–Kier alpha value is -0.340. The Bertz CT molecular complexity index is 345. The Morgan fingerprint density at radius 1 is 1.27 bits per heavy atom. The first kappa shape index (κ1) is 12.7. The standard InChI is InChI=1S/C13H19BrO/c1-8(2)5-12(15)11-7-9(3)6-10(4)13(11)14/h6-8,12,15H,5H2,1-4H3. The second kappa shape index (κ2) is 5.13. The maximum absolute atomic E-state index is 10.1. The predicted molar refractivity (Wildman–Crippen MR) is 68.0 cm³/mol. The summed E-state index contributed by atoms with van der Waals surface area (Å²) in [6, 6.07) is 4.18. The van der Waals surface area contributed by atoms with Gasteiger partial charge in [-0.2, -0.15) is 0 Å². The first-order chi connectivity index (χ1) is 6.91. The molecular formula is C13H19BrO. The lowest BCUT2D eigenvalue weighted by Crippen LogP contribution is -2.04. The van der Waals surface area contributed by atoms with Gasteiger partial charge in [0.05, 0.1) is 6.10 Å². The fraction of sp³-hybridized carbons (Fsp3) is 0.538. The minimum absolute atomic E-state index is 0.363. The largest absolute Gasteiger partial charge is 0.388 e. The van der Waals surface area contributed by atoms with E-state index in [-0.39, 0.29) is 6.10 Å². The Kier molecular flexibility index (Phi) is 4.35. The van der Waals surface area contributed by atoms with Crippen molar-refractivity contribution < 1.29 is 5.11 Å². The van der Waals surface area contributed by atoms with Crippen molar-refractivity contribution in [1.82, 2.24) is 0 Å². The molecule has 0 aromatic heterocycles. The van der Waals surface area contributed by atoms with Crippen LogP contribution in [0, 0.1) is 19.8 Å². The lowest BCUT2D eigenvalue weighted by Gasteiger charge is -2.17. The van der Waals surface area contributed by atoms with Gasteiger partial charge in [0.15, 0.2) is 0 Å². The highest BCUT2D eigenvalue weighted by Crippen LogP contribution is 2.31. The van der Waals surface area contributed by atoms with E-state index >= 15 is 0 Å². The molecule has 2 heteroatoms. The van der Waals surface area contributed by atoms with Gasteiger partial charge in [0.1, 0.15) is 0 Å². The lowest BCUT2D eigenvalue weighted by molar-refractivity contribution is 0.150. The van der Waals surface area contributed by atoms with Crippen LogP contribution < -0.4 is 0 Å². The molecule has 0 heterocycles. The second-order valence-electron chi connectivity index (χ2n) is 4.63. The maximum Gasteiger partial charge on any atom is 0.0803 e. The Balaban J connectivity index is 3.02.